The summed E-state index contributed by atoms with van der Waals surface area (Å²) in [7, 11) is 0. The molecule has 0 atom stereocenters. The second-order valence-corrected chi connectivity index (χ2v) is 7.35. The third kappa shape index (κ3) is 3.82. The molecular formula is C17H34N2+2. The van der Waals surface area contributed by atoms with Crippen molar-refractivity contribution in [3.63, 3.8) is 0 Å². The molecule has 1 saturated heterocycles. The van der Waals surface area contributed by atoms with Crippen molar-refractivity contribution in [3.8, 4) is 0 Å². The van der Waals surface area contributed by atoms with Gasteiger partial charge in [-0.1, -0.05) is 25.0 Å². The molecule has 110 valence electrons. The lowest BCUT2D eigenvalue weighted by atomic mass is 9.71. The van der Waals surface area contributed by atoms with E-state index in [4.69, 9.17) is 0 Å². The molecule has 2 heteroatoms. The van der Waals surface area contributed by atoms with Crippen molar-refractivity contribution < 1.29 is 9.80 Å². The minimum Gasteiger partial charge on any atom is -0.326 e. The maximum absolute atomic E-state index is 2.46. The van der Waals surface area contributed by atoms with Crippen LogP contribution in [0.4, 0.5) is 0 Å². The number of hydrogen-bond donors (Lipinski definition) is 2. The van der Waals surface area contributed by atoms with Crippen LogP contribution in [0, 0.1) is 5.41 Å². The predicted molar refractivity (Wildman–Crippen MR) is 81.8 cm³/mol. The molecule has 19 heavy (non-hydrogen) atoms. The van der Waals surface area contributed by atoms with Crippen molar-refractivity contribution >= 4 is 0 Å². The zero-order valence-electron chi connectivity index (χ0n) is 13.6. The van der Waals surface area contributed by atoms with E-state index in [1.807, 2.05) is 4.90 Å². The Kier molecular flexibility index (Phi) is 5.08. The van der Waals surface area contributed by atoms with Gasteiger partial charge in [0.25, 0.3) is 0 Å². The Morgan fingerprint density at radius 3 is 2.26 bits per heavy atom. The molecule has 0 unspecified atom stereocenters. The molecule has 0 aromatic rings. The molecule has 1 aliphatic heterocycles. The lowest BCUT2D eigenvalue weighted by Gasteiger charge is -2.36. The Morgan fingerprint density at radius 1 is 1.05 bits per heavy atom. The second-order valence-electron chi connectivity index (χ2n) is 7.35. The first-order valence-corrected chi connectivity index (χ1v) is 8.39. The molecule has 0 radical (unpaired) electrons. The maximum atomic E-state index is 2.46. The van der Waals surface area contributed by atoms with Crippen molar-refractivity contribution in [2.24, 2.45) is 5.41 Å². The lowest BCUT2D eigenvalue weighted by Crippen LogP contribution is -3.28. The summed E-state index contributed by atoms with van der Waals surface area (Å²) in [5.41, 5.74) is 3.96. The molecule has 2 N–H and O–H groups in total. The zero-order valence-corrected chi connectivity index (χ0v) is 13.6. The normalized spacial score (nSPS) is 31.6. The summed E-state index contributed by atoms with van der Waals surface area (Å²) in [6.45, 7) is 17.8. The fourth-order valence-electron chi connectivity index (χ4n) is 4.09. The van der Waals surface area contributed by atoms with Crippen LogP contribution in [-0.2, 0) is 0 Å². The molecular weight excluding hydrogens is 232 g/mol. The van der Waals surface area contributed by atoms with Crippen LogP contribution in [0.15, 0.2) is 11.1 Å². The number of piperazine rings is 1. The Bertz CT molecular complexity index is 322. The van der Waals surface area contributed by atoms with Crippen molar-refractivity contribution in [2.75, 3.05) is 39.3 Å². The molecule has 1 heterocycles. The maximum Gasteiger partial charge on any atom is 0.127 e. The van der Waals surface area contributed by atoms with Gasteiger partial charge in [0, 0.05) is 6.42 Å². The number of nitrogens with one attached hydrogen (secondary N) is 2. The first-order chi connectivity index (χ1) is 9.03. The van der Waals surface area contributed by atoms with Gasteiger partial charge in [0.15, 0.2) is 0 Å². The van der Waals surface area contributed by atoms with Crippen LogP contribution in [0.1, 0.15) is 53.4 Å². The average molecular weight is 266 g/mol. The van der Waals surface area contributed by atoms with E-state index < -0.39 is 0 Å². The fourth-order valence-corrected chi connectivity index (χ4v) is 4.09. The number of quaternary nitrogens is 2. The highest BCUT2D eigenvalue weighted by molar-refractivity contribution is 5.22. The summed E-state index contributed by atoms with van der Waals surface area (Å²) in [6, 6.07) is 0. The summed E-state index contributed by atoms with van der Waals surface area (Å²) in [6.07, 6.45) is 5.48. The van der Waals surface area contributed by atoms with Crippen LogP contribution >= 0.6 is 0 Å². The highest BCUT2D eigenvalue weighted by Gasteiger charge is 2.29. The monoisotopic (exact) mass is 266 g/mol. The molecule has 2 nitrogen and oxygen atoms in total. The summed E-state index contributed by atoms with van der Waals surface area (Å²) in [5, 5.41) is 0. The van der Waals surface area contributed by atoms with Crippen LogP contribution in [0.5, 0.6) is 0 Å². The summed E-state index contributed by atoms with van der Waals surface area (Å²) >= 11 is 0. The van der Waals surface area contributed by atoms with Crippen LogP contribution in [0.2, 0.25) is 0 Å². The summed E-state index contributed by atoms with van der Waals surface area (Å²) in [5.74, 6) is 0. The first-order valence-electron chi connectivity index (χ1n) is 8.39. The molecule has 2 aliphatic rings. The van der Waals surface area contributed by atoms with E-state index in [2.05, 4.69) is 27.7 Å². The van der Waals surface area contributed by atoms with Crippen molar-refractivity contribution in [1.82, 2.24) is 0 Å². The number of hydrogen-bond acceptors (Lipinski definition) is 0. The van der Waals surface area contributed by atoms with Gasteiger partial charge < -0.3 is 9.80 Å². The zero-order chi connectivity index (χ0) is 13.9. The molecule has 0 bridgehead atoms. The molecule has 0 aromatic heterocycles. The highest BCUT2D eigenvalue weighted by Crippen LogP contribution is 2.41. The third-order valence-electron chi connectivity index (χ3n) is 5.58. The van der Waals surface area contributed by atoms with E-state index in [0.29, 0.717) is 5.41 Å². The van der Waals surface area contributed by atoms with Crippen molar-refractivity contribution in [3.05, 3.63) is 11.1 Å². The van der Waals surface area contributed by atoms with Gasteiger partial charge in [0.05, 0.1) is 13.1 Å². The van der Waals surface area contributed by atoms with Gasteiger partial charge in [-0.15, -0.1) is 0 Å². The van der Waals surface area contributed by atoms with E-state index >= 15 is 0 Å². The smallest absolute Gasteiger partial charge is 0.127 e. The molecule has 1 aliphatic carbocycles. The van der Waals surface area contributed by atoms with Crippen molar-refractivity contribution in [2.45, 2.75) is 53.4 Å². The lowest BCUT2D eigenvalue weighted by molar-refractivity contribution is -1.01. The van der Waals surface area contributed by atoms with E-state index in [0.717, 1.165) is 0 Å². The minimum atomic E-state index is 0.471. The standard InChI is InChI=1S/C17H32N2/c1-5-18-11-13-19(14-12-18)10-8-16-15(2)7-6-9-17(16,3)4/h5-14H2,1-4H3/p+2. The molecule has 0 aromatic carbocycles. The van der Waals surface area contributed by atoms with Gasteiger partial charge in [-0.05, 0) is 38.5 Å². The quantitative estimate of drug-likeness (QED) is 0.694. The Labute approximate surface area is 119 Å². The first kappa shape index (κ1) is 15.1. The highest BCUT2D eigenvalue weighted by atomic mass is 15.3. The number of allylic oxidation sites excluding steroid dienone is 1. The Morgan fingerprint density at radius 2 is 1.68 bits per heavy atom. The topological polar surface area (TPSA) is 8.88 Å². The van der Waals surface area contributed by atoms with E-state index in [-0.39, 0.29) is 0 Å². The molecule has 2 rings (SSSR count). The van der Waals surface area contributed by atoms with Crippen LogP contribution in [-0.4, -0.2) is 39.3 Å². The molecule has 0 amide bonds. The largest absolute Gasteiger partial charge is 0.326 e. The van der Waals surface area contributed by atoms with Crippen LogP contribution < -0.4 is 9.80 Å². The molecule has 0 saturated carbocycles. The van der Waals surface area contributed by atoms with E-state index in [1.165, 1.54) is 65.0 Å². The summed E-state index contributed by atoms with van der Waals surface area (Å²) in [4.78, 5) is 3.65. The molecule has 0 spiro atoms. The average Bonchev–Trinajstić information content (AvgIpc) is 2.38. The van der Waals surface area contributed by atoms with Gasteiger partial charge >= 0.3 is 0 Å². The number of likely N-dealkylation sites (N-methyl/N-ethyl adjacent to an activating group) is 1. The minimum absolute atomic E-state index is 0.471. The Balaban J connectivity index is 1.85. The van der Waals surface area contributed by atoms with E-state index in [1.54, 1.807) is 16.0 Å². The van der Waals surface area contributed by atoms with E-state index in [9.17, 15) is 0 Å². The van der Waals surface area contributed by atoms with Gasteiger partial charge in [-0.3, -0.25) is 0 Å². The SMILES string of the molecule is CC[NH+]1CC[NH+](CCC2=C(C)CCCC2(C)C)CC1. The third-order valence-corrected chi connectivity index (χ3v) is 5.58. The molecule has 1 fully saturated rings. The number of rotatable bonds is 4. The van der Waals surface area contributed by atoms with Gasteiger partial charge in [0.1, 0.15) is 26.2 Å². The van der Waals surface area contributed by atoms with Crippen LogP contribution in [0.3, 0.4) is 0 Å². The van der Waals surface area contributed by atoms with Crippen LogP contribution in [0.25, 0.3) is 0 Å². The summed E-state index contributed by atoms with van der Waals surface area (Å²) < 4.78 is 0. The van der Waals surface area contributed by atoms with Gasteiger partial charge in [-0.2, -0.15) is 0 Å². The van der Waals surface area contributed by atoms with Gasteiger partial charge in [-0.25, -0.2) is 0 Å². The van der Waals surface area contributed by atoms with Gasteiger partial charge in [0.2, 0.25) is 0 Å². The second kappa shape index (κ2) is 6.41. The fraction of sp³-hybridized carbons (Fsp3) is 0.882. The predicted octanol–water partition coefficient (Wildman–Crippen LogP) is 0.706. The Hall–Kier alpha value is -0.340. The van der Waals surface area contributed by atoms with Crippen molar-refractivity contribution in [1.29, 1.82) is 0 Å².